The van der Waals surface area contributed by atoms with Crippen LogP contribution in [0.3, 0.4) is 0 Å². The summed E-state index contributed by atoms with van der Waals surface area (Å²) < 4.78 is 69.0. The number of aliphatic carboxylic acids is 1. The van der Waals surface area contributed by atoms with Crippen LogP contribution in [-0.2, 0) is 20.1 Å². The van der Waals surface area contributed by atoms with Gasteiger partial charge in [0.25, 0.3) is 0 Å². The lowest BCUT2D eigenvalue weighted by Gasteiger charge is -2.40. The molecule has 10 nitrogen and oxygen atoms in total. The number of rotatable bonds is 3. The molecule has 4 rings (SSSR count). The van der Waals surface area contributed by atoms with Gasteiger partial charge in [-0.1, -0.05) is 16.8 Å². The molecule has 2 atom stereocenters. The number of benzene rings is 1. The number of nitrogens with two attached hydrogens (primary N) is 1. The zero-order valence-corrected chi connectivity index (χ0v) is 22.5. The summed E-state index contributed by atoms with van der Waals surface area (Å²) in [6.45, 7) is 5.18. The van der Waals surface area contributed by atoms with Crippen LogP contribution < -0.4 is 5.73 Å². The molecule has 2 aromatic heterocycles. The van der Waals surface area contributed by atoms with Crippen molar-refractivity contribution in [2.75, 3.05) is 12.8 Å². The zero-order valence-electron chi connectivity index (χ0n) is 21.0. The maximum Gasteiger partial charge on any atom is 0.490 e. The number of alkyl halides is 3. The number of halogens is 5. The Bertz CT molecular complexity index is 1550. The molecular weight excluding hydrogens is 568 g/mol. The number of carbonyl (C=O) groups is 1. The number of hydrogen-bond donors (Lipinski definition) is 2. The molecule has 3 heterocycles. The Morgan fingerprint density at radius 3 is 2.33 bits per heavy atom. The Hall–Kier alpha value is -3.59. The fourth-order valence-electron chi connectivity index (χ4n) is 3.64. The molecule has 0 aliphatic carbocycles. The van der Waals surface area contributed by atoms with Crippen LogP contribution in [0.15, 0.2) is 50.5 Å². The van der Waals surface area contributed by atoms with Gasteiger partial charge in [-0.05, 0) is 39.0 Å². The first-order chi connectivity index (χ1) is 17.9. The van der Waals surface area contributed by atoms with Gasteiger partial charge >= 0.3 is 12.1 Å². The largest absolute Gasteiger partial charge is 0.490 e. The Morgan fingerprint density at radius 2 is 1.79 bits per heavy atom. The molecule has 1 aromatic carbocycles. The lowest BCUT2D eigenvalue weighted by Crippen LogP contribution is -2.54. The van der Waals surface area contributed by atoms with E-state index in [1.54, 1.807) is 39.0 Å². The van der Waals surface area contributed by atoms with Crippen molar-refractivity contribution in [3.63, 3.8) is 0 Å². The van der Waals surface area contributed by atoms with E-state index in [9.17, 15) is 21.8 Å². The quantitative estimate of drug-likeness (QED) is 0.416. The van der Waals surface area contributed by atoms with Crippen LogP contribution in [0, 0.1) is 5.82 Å². The van der Waals surface area contributed by atoms with E-state index in [2.05, 4.69) is 24.5 Å². The second-order valence-corrected chi connectivity index (χ2v) is 12.4. The minimum atomic E-state index is -5.08. The molecule has 0 radical (unpaired) electrons. The van der Waals surface area contributed by atoms with Crippen LogP contribution in [0.25, 0.3) is 22.8 Å². The van der Waals surface area contributed by atoms with Gasteiger partial charge in [0.05, 0.1) is 20.5 Å². The van der Waals surface area contributed by atoms with Gasteiger partial charge in [0, 0.05) is 36.6 Å². The molecule has 0 saturated carbocycles. The van der Waals surface area contributed by atoms with Crippen LogP contribution >= 0.6 is 11.6 Å². The summed E-state index contributed by atoms with van der Waals surface area (Å²) in [5.41, 5.74) is 6.23. The van der Waals surface area contributed by atoms with Gasteiger partial charge < -0.3 is 15.4 Å². The summed E-state index contributed by atoms with van der Waals surface area (Å²) in [7, 11) is -1.31. The maximum atomic E-state index is 15.0. The molecule has 0 bridgehead atoms. The number of amidine groups is 1. The fourth-order valence-corrected chi connectivity index (χ4v) is 6.04. The second kappa shape index (κ2) is 10.5. The lowest BCUT2D eigenvalue weighted by atomic mass is 9.91. The van der Waals surface area contributed by atoms with Crippen molar-refractivity contribution in [1.82, 2.24) is 15.1 Å². The van der Waals surface area contributed by atoms with Crippen molar-refractivity contribution in [3.05, 3.63) is 53.1 Å². The predicted molar refractivity (Wildman–Crippen MR) is 136 cm³/mol. The molecule has 1 aliphatic heterocycles. The molecule has 0 fully saturated rings. The van der Waals surface area contributed by atoms with Crippen molar-refractivity contribution in [3.8, 4) is 22.8 Å². The fraction of sp³-hybridized carbons (Fsp3) is 0.348. The van der Waals surface area contributed by atoms with Crippen LogP contribution in [0.1, 0.15) is 26.3 Å². The molecule has 1 aliphatic rings. The average Bonchev–Trinajstić information content (AvgIpc) is 3.33. The Balaban J connectivity index is 0.000000532. The SMILES string of the molecule is CN=S1(=O)C[C@@](C)(c2cc(-c3cc(-c4ncc(Cl)cn4)no3)ccc2F)N=C(N)C1(C)C.O=C(O)C(F)(F)F. The number of carboxylic acids is 1. The first-order valence-electron chi connectivity index (χ1n) is 11.0. The van der Waals surface area contributed by atoms with Gasteiger partial charge in [0.1, 0.15) is 21.9 Å². The summed E-state index contributed by atoms with van der Waals surface area (Å²) >= 11 is 5.83. The van der Waals surface area contributed by atoms with Crippen molar-refractivity contribution < 1.29 is 36.2 Å². The first kappa shape index (κ1) is 30.0. The van der Waals surface area contributed by atoms with Crippen LogP contribution in [-0.4, -0.2) is 60.0 Å². The predicted octanol–water partition coefficient (Wildman–Crippen LogP) is 4.69. The van der Waals surface area contributed by atoms with Crippen LogP contribution in [0.2, 0.25) is 5.02 Å². The molecule has 3 aromatic rings. The van der Waals surface area contributed by atoms with E-state index in [1.165, 1.54) is 25.5 Å². The van der Waals surface area contributed by atoms with E-state index >= 15 is 0 Å². The molecular formula is C23H23ClF4N6O4S. The van der Waals surface area contributed by atoms with E-state index in [0.29, 0.717) is 27.9 Å². The normalized spacial score (nSPS) is 22.3. The van der Waals surface area contributed by atoms with Crippen molar-refractivity contribution >= 4 is 33.1 Å². The molecule has 0 amide bonds. The number of hydrogen-bond acceptors (Lipinski definition) is 9. The molecule has 0 spiro atoms. The molecule has 1 unspecified atom stereocenters. The van der Waals surface area contributed by atoms with Gasteiger partial charge in [-0.15, -0.1) is 0 Å². The van der Waals surface area contributed by atoms with Gasteiger partial charge in [0.2, 0.25) is 0 Å². The molecule has 39 heavy (non-hydrogen) atoms. The Labute approximate surface area is 225 Å². The van der Waals surface area contributed by atoms with Crippen LogP contribution in [0.4, 0.5) is 17.6 Å². The highest BCUT2D eigenvalue weighted by Gasteiger charge is 2.47. The Kier molecular flexibility index (Phi) is 8.08. The summed E-state index contributed by atoms with van der Waals surface area (Å²) in [6.07, 6.45) is -2.17. The number of aromatic nitrogens is 3. The standard InChI is InChI=1S/C21H22ClFN6O2S.C2HF3O2/c1-20(2)19(24)28-21(3,11-32(20,30)25-4)14-7-12(5-6-15(14)23)17-8-16(29-31-17)18-26-9-13(22)10-27-18;3-2(4,5)1(6)7/h5-10H,11H2,1-4H3,(H2,24,28);(H,6,7)/t21-,32?;/m0./s1. The van der Waals surface area contributed by atoms with Crippen molar-refractivity contribution in [1.29, 1.82) is 0 Å². The third kappa shape index (κ3) is 6.03. The summed E-state index contributed by atoms with van der Waals surface area (Å²) in [5, 5.41) is 11.5. The third-order valence-corrected chi connectivity index (χ3v) is 9.53. The van der Waals surface area contributed by atoms with E-state index in [0.717, 1.165) is 0 Å². The van der Waals surface area contributed by atoms with Gasteiger partial charge in [-0.25, -0.2) is 27.7 Å². The van der Waals surface area contributed by atoms with Gasteiger partial charge in [0.15, 0.2) is 17.3 Å². The summed E-state index contributed by atoms with van der Waals surface area (Å²) in [6, 6.07) is 6.13. The molecule has 3 N–H and O–H groups in total. The molecule has 0 saturated heterocycles. The van der Waals surface area contributed by atoms with Crippen molar-refractivity contribution in [2.45, 2.75) is 37.2 Å². The highest BCUT2D eigenvalue weighted by Crippen LogP contribution is 2.40. The summed E-state index contributed by atoms with van der Waals surface area (Å²) in [4.78, 5) is 21.7. The van der Waals surface area contributed by atoms with E-state index in [1.807, 2.05) is 0 Å². The van der Waals surface area contributed by atoms with Gasteiger partial charge in [-0.2, -0.15) is 13.2 Å². The molecule has 16 heteroatoms. The highest BCUT2D eigenvalue weighted by atomic mass is 35.5. The van der Waals surface area contributed by atoms with Crippen molar-refractivity contribution in [2.24, 2.45) is 15.1 Å². The second-order valence-electron chi connectivity index (χ2n) is 9.05. The highest BCUT2D eigenvalue weighted by molar-refractivity contribution is 7.95. The van der Waals surface area contributed by atoms with Crippen LogP contribution in [0.5, 0.6) is 0 Å². The number of aliphatic imine (C=N–C) groups is 1. The Morgan fingerprint density at radius 1 is 1.21 bits per heavy atom. The third-order valence-electron chi connectivity index (χ3n) is 5.99. The minimum absolute atomic E-state index is 0.0326. The van der Waals surface area contributed by atoms with E-state index in [-0.39, 0.29) is 17.2 Å². The zero-order chi connectivity index (χ0) is 29.4. The van der Waals surface area contributed by atoms with E-state index in [4.69, 9.17) is 31.8 Å². The lowest BCUT2D eigenvalue weighted by molar-refractivity contribution is -0.192. The maximum absolute atomic E-state index is 15.0. The van der Waals surface area contributed by atoms with E-state index < -0.39 is 38.0 Å². The number of nitrogens with zero attached hydrogens (tertiary/aromatic N) is 5. The average molecular weight is 591 g/mol. The van der Waals surface area contributed by atoms with Gasteiger partial charge in [-0.3, -0.25) is 4.99 Å². The monoisotopic (exact) mass is 590 g/mol. The first-order valence-corrected chi connectivity index (χ1v) is 13.0. The topological polar surface area (TPSA) is 157 Å². The smallest absolute Gasteiger partial charge is 0.475 e. The number of carboxylic acid groups (broad SMARTS) is 1. The summed E-state index contributed by atoms with van der Waals surface area (Å²) in [5.74, 6) is -2.32. The molecule has 210 valence electrons. The minimum Gasteiger partial charge on any atom is -0.475 e.